The molecule has 0 radical (unpaired) electrons. The lowest BCUT2D eigenvalue weighted by atomic mass is 10.3. The van der Waals surface area contributed by atoms with E-state index in [0.29, 0.717) is 7.11 Å². The normalized spacial score (nSPS) is 24.1. The maximum absolute atomic E-state index is 13.2. The highest BCUT2D eigenvalue weighted by atomic mass is 19.4. The summed E-state index contributed by atoms with van der Waals surface area (Å²) in [5, 5.41) is 0. The lowest BCUT2D eigenvalue weighted by Crippen LogP contribution is -2.47. The molecular formula is C8H10F4O5. The summed E-state index contributed by atoms with van der Waals surface area (Å²) < 4.78 is 66.7. The summed E-state index contributed by atoms with van der Waals surface area (Å²) in [6, 6.07) is 0. The maximum atomic E-state index is 13.2. The van der Waals surface area contributed by atoms with Gasteiger partial charge in [0, 0.05) is 7.11 Å². The van der Waals surface area contributed by atoms with Gasteiger partial charge < -0.3 is 18.9 Å². The third-order valence-corrected chi connectivity index (χ3v) is 1.99. The molecule has 1 heterocycles. The molecule has 1 saturated heterocycles. The van der Waals surface area contributed by atoms with Gasteiger partial charge in [0.2, 0.25) is 0 Å². The molecule has 0 amide bonds. The van der Waals surface area contributed by atoms with Crippen molar-refractivity contribution in [2.75, 3.05) is 26.9 Å². The Morgan fingerprint density at radius 3 is 2.47 bits per heavy atom. The molecule has 0 aliphatic carbocycles. The number of alkyl halides is 4. The molecule has 2 atom stereocenters. The Kier molecular flexibility index (Phi) is 4.15. The highest BCUT2D eigenvalue weighted by Crippen LogP contribution is 2.34. The highest BCUT2D eigenvalue weighted by Gasteiger charge is 2.57. The van der Waals surface area contributed by atoms with Crippen LogP contribution < -0.4 is 0 Å². The summed E-state index contributed by atoms with van der Waals surface area (Å²) in [7, 11) is 0.579. The summed E-state index contributed by atoms with van der Waals surface area (Å²) in [6.45, 7) is -1.89. The molecule has 0 N–H and O–H groups in total. The Hall–Kier alpha value is -1.09. The van der Waals surface area contributed by atoms with E-state index in [-0.39, 0.29) is 6.61 Å². The Bertz CT molecular complexity index is 282. The zero-order valence-electron chi connectivity index (χ0n) is 8.75. The fourth-order valence-corrected chi connectivity index (χ4v) is 1.03. The summed E-state index contributed by atoms with van der Waals surface area (Å²) in [6.07, 6.45) is -6.98. The average molecular weight is 262 g/mol. The van der Waals surface area contributed by atoms with Gasteiger partial charge in [0.05, 0.1) is 6.61 Å². The van der Waals surface area contributed by atoms with Gasteiger partial charge in [0.15, 0.2) is 6.10 Å². The van der Waals surface area contributed by atoms with Gasteiger partial charge in [-0.25, -0.2) is 4.79 Å². The van der Waals surface area contributed by atoms with E-state index in [2.05, 4.69) is 18.9 Å². The molecule has 0 aromatic rings. The third kappa shape index (κ3) is 3.43. The number of carbonyl (C=O) groups excluding carboxylic acids is 1. The van der Waals surface area contributed by atoms with Gasteiger partial charge in [-0.1, -0.05) is 0 Å². The van der Waals surface area contributed by atoms with Crippen molar-refractivity contribution in [3.63, 3.8) is 0 Å². The highest BCUT2D eigenvalue weighted by molar-refractivity contribution is 5.61. The van der Waals surface area contributed by atoms with Gasteiger partial charge in [-0.15, -0.1) is 0 Å². The fourth-order valence-electron chi connectivity index (χ4n) is 1.03. The molecule has 0 bridgehead atoms. The van der Waals surface area contributed by atoms with E-state index in [0.717, 1.165) is 0 Å². The number of halogens is 4. The average Bonchev–Trinajstić information content (AvgIpc) is 2.62. The van der Waals surface area contributed by atoms with Crippen LogP contribution in [-0.4, -0.2) is 51.2 Å². The molecule has 1 aliphatic heterocycles. The maximum Gasteiger partial charge on any atom is 0.508 e. The number of hydrogen-bond donors (Lipinski definition) is 0. The number of carbonyl (C=O) groups is 1. The lowest BCUT2D eigenvalue weighted by Gasteiger charge is -2.26. The second kappa shape index (κ2) is 5.05. The molecular weight excluding hydrogens is 252 g/mol. The molecule has 0 aromatic carbocycles. The van der Waals surface area contributed by atoms with Crippen LogP contribution in [0.5, 0.6) is 0 Å². The Morgan fingerprint density at radius 1 is 1.41 bits per heavy atom. The molecule has 0 aromatic heterocycles. The van der Waals surface area contributed by atoms with Gasteiger partial charge in [-0.05, 0) is 0 Å². The topological polar surface area (TPSA) is 54.0 Å². The van der Waals surface area contributed by atoms with E-state index in [1.54, 1.807) is 0 Å². The molecule has 1 aliphatic rings. The van der Waals surface area contributed by atoms with Crippen molar-refractivity contribution in [2.24, 2.45) is 0 Å². The zero-order chi connectivity index (χ0) is 13.1. The van der Waals surface area contributed by atoms with Crippen LogP contribution in [0.2, 0.25) is 0 Å². The van der Waals surface area contributed by atoms with Gasteiger partial charge in [0.1, 0.15) is 13.2 Å². The quantitative estimate of drug-likeness (QED) is 0.554. The smallest absolute Gasteiger partial charge is 0.430 e. The van der Waals surface area contributed by atoms with E-state index >= 15 is 0 Å². The van der Waals surface area contributed by atoms with Crippen molar-refractivity contribution in [1.82, 2.24) is 0 Å². The standard InChI is InChI=1S/C8H10F4O5/c1-14-7(9,8(10,11)12)4-15-2-5-3-16-6(13)17-5/h5H,2-4H2,1H3. The van der Waals surface area contributed by atoms with Gasteiger partial charge in [-0.2, -0.15) is 17.6 Å². The molecule has 1 rings (SSSR count). The summed E-state index contributed by atoms with van der Waals surface area (Å²) in [4.78, 5) is 10.5. The van der Waals surface area contributed by atoms with Crippen LogP contribution in [0.4, 0.5) is 22.4 Å². The van der Waals surface area contributed by atoms with Crippen molar-refractivity contribution in [2.45, 2.75) is 18.1 Å². The van der Waals surface area contributed by atoms with Crippen molar-refractivity contribution < 1.29 is 41.3 Å². The number of hydrogen-bond acceptors (Lipinski definition) is 5. The van der Waals surface area contributed by atoms with E-state index in [1.165, 1.54) is 0 Å². The number of rotatable bonds is 5. The molecule has 5 nitrogen and oxygen atoms in total. The second-order valence-corrected chi connectivity index (χ2v) is 3.25. The molecule has 9 heteroatoms. The lowest BCUT2D eigenvalue weighted by molar-refractivity contribution is -0.338. The van der Waals surface area contributed by atoms with E-state index < -0.39 is 37.5 Å². The Morgan fingerprint density at radius 2 is 2.06 bits per heavy atom. The Balaban J connectivity index is 2.36. The summed E-state index contributed by atoms with van der Waals surface area (Å²) in [5.41, 5.74) is 0. The zero-order valence-corrected chi connectivity index (χ0v) is 8.75. The molecule has 100 valence electrons. The predicted octanol–water partition coefficient (Wildman–Crippen LogP) is 1.41. The van der Waals surface area contributed by atoms with Crippen molar-refractivity contribution >= 4 is 6.16 Å². The predicted molar refractivity (Wildman–Crippen MR) is 43.9 cm³/mol. The Labute approximate surface area is 93.6 Å². The fraction of sp³-hybridized carbons (Fsp3) is 0.875. The first-order chi connectivity index (χ1) is 7.78. The van der Waals surface area contributed by atoms with E-state index in [1.807, 2.05) is 0 Å². The largest absolute Gasteiger partial charge is 0.508 e. The summed E-state index contributed by atoms with van der Waals surface area (Å²) >= 11 is 0. The van der Waals surface area contributed by atoms with Gasteiger partial charge in [0.25, 0.3) is 0 Å². The minimum absolute atomic E-state index is 0.142. The first kappa shape index (κ1) is 14.0. The van der Waals surface area contributed by atoms with Crippen molar-refractivity contribution in [1.29, 1.82) is 0 Å². The van der Waals surface area contributed by atoms with E-state index in [4.69, 9.17) is 0 Å². The van der Waals surface area contributed by atoms with Crippen LogP contribution in [0.1, 0.15) is 0 Å². The first-order valence-corrected chi connectivity index (χ1v) is 4.50. The van der Waals surface area contributed by atoms with E-state index in [9.17, 15) is 22.4 Å². The first-order valence-electron chi connectivity index (χ1n) is 4.50. The monoisotopic (exact) mass is 262 g/mol. The van der Waals surface area contributed by atoms with Crippen LogP contribution in [0, 0.1) is 0 Å². The van der Waals surface area contributed by atoms with Crippen LogP contribution in [-0.2, 0) is 18.9 Å². The van der Waals surface area contributed by atoms with Crippen molar-refractivity contribution in [3.8, 4) is 0 Å². The summed E-state index contributed by atoms with van der Waals surface area (Å²) in [5.74, 6) is -3.88. The van der Waals surface area contributed by atoms with Gasteiger partial charge in [-0.3, -0.25) is 0 Å². The number of methoxy groups -OCH3 is 1. The third-order valence-electron chi connectivity index (χ3n) is 1.99. The molecule has 1 fully saturated rings. The molecule has 0 saturated carbocycles. The van der Waals surface area contributed by atoms with Crippen molar-refractivity contribution in [3.05, 3.63) is 0 Å². The van der Waals surface area contributed by atoms with Gasteiger partial charge >= 0.3 is 18.2 Å². The minimum atomic E-state index is -5.20. The van der Waals surface area contributed by atoms with Crippen LogP contribution in [0.15, 0.2) is 0 Å². The second-order valence-electron chi connectivity index (χ2n) is 3.25. The molecule has 2 unspecified atom stereocenters. The van der Waals surface area contributed by atoms with Crippen LogP contribution in [0.3, 0.4) is 0 Å². The number of cyclic esters (lactones) is 2. The van der Waals surface area contributed by atoms with Crippen LogP contribution >= 0.6 is 0 Å². The minimum Gasteiger partial charge on any atom is -0.430 e. The molecule has 17 heavy (non-hydrogen) atoms. The van der Waals surface area contributed by atoms with Crippen LogP contribution in [0.25, 0.3) is 0 Å². The number of ether oxygens (including phenoxy) is 4. The molecule has 0 spiro atoms. The SMILES string of the molecule is COC(F)(COCC1COC(=O)O1)C(F)(F)F.